The van der Waals surface area contributed by atoms with E-state index < -0.39 is 0 Å². The van der Waals surface area contributed by atoms with E-state index in [4.69, 9.17) is 28.6 Å². The second kappa shape index (κ2) is 8.20. The molecule has 28 heavy (non-hydrogen) atoms. The summed E-state index contributed by atoms with van der Waals surface area (Å²) in [6.07, 6.45) is 0. The number of carbonyl (C=O) groups excluding carboxylic acids is 1. The van der Waals surface area contributed by atoms with Gasteiger partial charge in [0.05, 0.1) is 18.7 Å². The van der Waals surface area contributed by atoms with Crippen molar-refractivity contribution in [2.24, 2.45) is 0 Å². The number of nitrogens with one attached hydrogen (secondary N) is 1. The topological polar surface area (TPSA) is 44.8 Å². The van der Waals surface area contributed by atoms with Gasteiger partial charge >= 0.3 is 0 Å². The van der Waals surface area contributed by atoms with Gasteiger partial charge in [-0.25, -0.2) is 0 Å². The number of halogens is 1. The standard InChI is InChI=1S/C21H22ClN3O2S/c1-13-18(20(26)23-16-9-7-15(22)8-10-16)19(25(3)21(28)24(13)2)14-5-11-17(27-4)12-6-14/h5-12,19H,1-4H3,(H,23,26)/t19-/m1/s1. The molecule has 1 aliphatic heterocycles. The summed E-state index contributed by atoms with van der Waals surface area (Å²) in [7, 11) is 5.39. The van der Waals surface area contributed by atoms with Crippen molar-refractivity contribution in [2.75, 3.05) is 26.5 Å². The minimum absolute atomic E-state index is 0.179. The predicted octanol–water partition coefficient (Wildman–Crippen LogP) is 4.46. The molecular formula is C21H22ClN3O2S. The fourth-order valence-electron chi connectivity index (χ4n) is 3.26. The summed E-state index contributed by atoms with van der Waals surface area (Å²) in [5, 5.41) is 4.24. The minimum atomic E-state index is -0.304. The number of hydrogen-bond donors (Lipinski definition) is 1. The van der Waals surface area contributed by atoms with Crippen LogP contribution >= 0.6 is 23.8 Å². The van der Waals surface area contributed by atoms with E-state index in [1.54, 1.807) is 31.4 Å². The van der Waals surface area contributed by atoms with Gasteiger partial charge in [0.25, 0.3) is 5.91 Å². The van der Waals surface area contributed by atoms with Crippen molar-refractivity contribution in [1.82, 2.24) is 9.80 Å². The summed E-state index contributed by atoms with van der Waals surface area (Å²) < 4.78 is 5.26. The Morgan fingerprint density at radius 2 is 1.71 bits per heavy atom. The molecule has 0 fully saturated rings. The molecule has 5 nitrogen and oxygen atoms in total. The summed E-state index contributed by atoms with van der Waals surface area (Å²) in [5.74, 6) is 0.580. The lowest BCUT2D eigenvalue weighted by molar-refractivity contribution is -0.113. The van der Waals surface area contributed by atoms with Crippen molar-refractivity contribution in [3.63, 3.8) is 0 Å². The molecule has 3 rings (SSSR count). The van der Waals surface area contributed by atoms with Crippen LogP contribution in [0.4, 0.5) is 5.69 Å². The van der Waals surface area contributed by atoms with Gasteiger partial charge < -0.3 is 19.9 Å². The lowest BCUT2D eigenvalue weighted by Crippen LogP contribution is -2.47. The van der Waals surface area contributed by atoms with Gasteiger partial charge in [-0.3, -0.25) is 4.79 Å². The van der Waals surface area contributed by atoms with Crippen molar-refractivity contribution >= 4 is 40.5 Å². The van der Waals surface area contributed by atoms with Gasteiger partial charge in [0.1, 0.15) is 5.75 Å². The molecule has 0 spiro atoms. The number of rotatable bonds is 4. The van der Waals surface area contributed by atoms with E-state index in [2.05, 4.69) is 5.32 Å². The number of ether oxygens (including phenoxy) is 1. The van der Waals surface area contributed by atoms with E-state index in [-0.39, 0.29) is 11.9 Å². The Morgan fingerprint density at radius 1 is 1.11 bits per heavy atom. The van der Waals surface area contributed by atoms with E-state index in [1.807, 2.05) is 55.1 Å². The molecule has 146 valence electrons. The van der Waals surface area contributed by atoms with Crippen LogP contribution < -0.4 is 10.1 Å². The molecule has 0 aliphatic carbocycles. The van der Waals surface area contributed by atoms with Crippen molar-refractivity contribution < 1.29 is 9.53 Å². The number of anilines is 1. The molecule has 0 bridgehead atoms. The number of nitrogens with zero attached hydrogens (tertiary/aromatic N) is 2. The monoisotopic (exact) mass is 415 g/mol. The van der Waals surface area contributed by atoms with E-state index in [0.717, 1.165) is 17.0 Å². The van der Waals surface area contributed by atoms with Crippen molar-refractivity contribution in [1.29, 1.82) is 0 Å². The SMILES string of the molecule is COc1ccc([C@@H]2C(C(=O)Nc3ccc(Cl)cc3)=C(C)N(C)C(=S)N2C)cc1. The first-order valence-corrected chi connectivity index (χ1v) is 9.54. The van der Waals surface area contributed by atoms with Crippen LogP contribution in [-0.4, -0.2) is 42.0 Å². The molecule has 0 unspecified atom stereocenters. The van der Waals surface area contributed by atoms with Gasteiger partial charge in [0.15, 0.2) is 5.11 Å². The van der Waals surface area contributed by atoms with E-state index in [1.165, 1.54) is 0 Å². The maximum atomic E-state index is 13.2. The fraction of sp³-hybridized carbons (Fsp3) is 0.238. The summed E-state index contributed by atoms with van der Waals surface area (Å²) in [5.41, 5.74) is 3.09. The van der Waals surface area contributed by atoms with Crippen molar-refractivity contribution in [2.45, 2.75) is 13.0 Å². The van der Waals surface area contributed by atoms with Crippen LogP contribution in [0.1, 0.15) is 18.5 Å². The van der Waals surface area contributed by atoms with Gasteiger partial charge in [0, 0.05) is 30.5 Å². The normalized spacial score (nSPS) is 17.0. The van der Waals surface area contributed by atoms with Crippen molar-refractivity contribution in [3.8, 4) is 5.75 Å². The number of benzene rings is 2. The van der Waals surface area contributed by atoms with Crippen molar-refractivity contribution in [3.05, 3.63) is 70.4 Å². The molecule has 1 N–H and O–H groups in total. The fourth-order valence-corrected chi connectivity index (χ4v) is 3.63. The van der Waals surface area contributed by atoms with Crippen LogP contribution in [0.3, 0.4) is 0 Å². The molecule has 1 aliphatic rings. The third kappa shape index (κ3) is 3.84. The number of likely N-dealkylation sites (N-methyl/N-ethyl adjacent to an activating group) is 1. The Balaban J connectivity index is 2.02. The average Bonchev–Trinajstić information content (AvgIpc) is 2.70. The van der Waals surface area contributed by atoms with Crippen LogP contribution in [0.5, 0.6) is 5.75 Å². The Hall–Kier alpha value is -2.57. The number of methoxy groups -OCH3 is 1. The molecular weight excluding hydrogens is 394 g/mol. The average molecular weight is 416 g/mol. The lowest BCUT2D eigenvalue weighted by Gasteiger charge is -2.42. The summed E-state index contributed by atoms with van der Waals surface area (Å²) in [6, 6.07) is 14.4. The highest BCUT2D eigenvalue weighted by molar-refractivity contribution is 7.80. The summed E-state index contributed by atoms with van der Waals surface area (Å²) in [4.78, 5) is 17.0. The zero-order chi connectivity index (χ0) is 20.4. The molecule has 0 radical (unpaired) electrons. The number of thiocarbonyl (C=S) groups is 1. The van der Waals surface area contributed by atoms with Crippen LogP contribution in [0.2, 0.25) is 5.02 Å². The van der Waals surface area contributed by atoms with E-state index in [0.29, 0.717) is 21.4 Å². The number of allylic oxidation sites excluding steroid dienone is 1. The zero-order valence-electron chi connectivity index (χ0n) is 16.2. The van der Waals surface area contributed by atoms with Crippen LogP contribution in [0, 0.1) is 0 Å². The molecule has 0 aromatic heterocycles. The Bertz CT molecular complexity index is 926. The minimum Gasteiger partial charge on any atom is -0.497 e. The van der Waals surface area contributed by atoms with Gasteiger partial charge in [-0.05, 0) is 61.1 Å². The third-order valence-corrected chi connectivity index (χ3v) is 5.73. The highest BCUT2D eigenvalue weighted by Gasteiger charge is 2.36. The van der Waals surface area contributed by atoms with Gasteiger partial charge in [-0.2, -0.15) is 0 Å². The number of carbonyl (C=O) groups is 1. The maximum Gasteiger partial charge on any atom is 0.255 e. The highest BCUT2D eigenvalue weighted by atomic mass is 35.5. The predicted molar refractivity (Wildman–Crippen MR) is 117 cm³/mol. The molecule has 2 aromatic rings. The molecule has 0 saturated heterocycles. The quantitative estimate of drug-likeness (QED) is 0.746. The largest absolute Gasteiger partial charge is 0.497 e. The second-order valence-corrected chi connectivity index (χ2v) is 7.39. The maximum absolute atomic E-state index is 13.2. The first kappa shape index (κ1) is 20.2. The third-order valence-electron chi connectivity index (χ3n) is 4.92. The Kier molecular flexibility index (Phi) is 5.91. The summed E-state index contributed by atoms with van der Waals surface area (Å²) in [6.45, 7) is 1.91. The van der Waals surface area contributed by atoms with Crippen LogP contribution in [-0.2, 0) is 4.79 Å². The highest BCUT2D eigenvalue weighted by Crippen LogP contribution is 2.36. The Labute approximate surface area is 175 Å². The number of amides is 1. The summed E-state index contributed by atoms with van der Waals surface area (Å²) >= 11 is 11.5. The van der Waals surface area contributed by atoms with Crippen LogP contribution in [0.25, 0.3) is 0 Å². The van der Waals surface area contributed by atoms with Gasteiger partial charge in [-0.15, -0.1) is 0 Å². The number of hydrogen-bond acceptors (Lipinski definition) is 3. The molecule has 1 amide bonds. The lowest BCUT2D eigenvalue weighted by atomic mass is 9.93. The molecule has 0 saturated carbocycles. The second-order valence-electron chi connectivity index (χ2n) is 6.59. The van der Waals surface area contributed by atoms with Crippen LogP contribution in [0.15, 0.2) is 59.8 Å². The molecule has 1 atom stereocenters. The Morgan fingerprint density at radius 3 is 2.29 bits per heavy atom. The van der Waals surface area contributed by atoms with E-state index >= 15 is 0 Å². The van der Waals surface area contributed by atoms with E-state index in [9.17, 15) is 4.79 Å². The smallest absolute Gasteiger partial charge is 0.255 e. The molecule has 7 heteroatoms. The van der Waals surface area contributed by atoms with Gasteiger partial charge in [-0.1, -0.05) is 23.7 Å². The molecule has 1 heterocycles. The first-order valence-electron chi connectivity index (χ1n) is 8.75. The first-order chi connectivity index (χ1) is 13.3. The zero-order valence-corrected chi connectivity index (χ0v) is 17.8. The van der Waals surface area contributed by atoms with Gasteiger partial charge in [0.2, 0.25) is 0 Å². The molecule has 2 aromatic carbocycles.